The zero-order chi connectivity index (χ0) is 15.9. The third kappa shape index (κ3) is 4.08. The maximum absolute atomic E-state index is 12.0. The van der Waals surface area contributed by atoms with Gasteiger partial charge in [0.25, 0.3) is 0 Å². The van der Waals surface area contributed by atoms with E-state index in [0.29, 0.717) is 18.8 Å². The van der Waals surface area contributed by atoms with Gasteiger partial charge in [0.15, 0.2) is 5.78 Å². The molecule has 0 aromatic heterocycles. The maximum Gasteiger partial charge on any atom is 0.373 e. The second-order valence-corrected chi connectivity index (χ2v) is 4.76. The summed E-state index contributed by atoms with van der Waals surface area (Å²) < 4.78 is 9.90. The first-order valence-electron chi connectivity index (χ1n) is 7.16. The van der Waals surface area contributed by atoms with E-state index in [1.165, 1.54) is 0 Å². The number of rotatable bonds is 5. The summed E-state index contributed by atoms with van der Waals surface area (Å²) >= 11 is 0. The van der Waals surface area contributed by atoms with Crippen molar-refractivity contribution in [1.29, 1.82) is 0 Å². The fourth-order valence-electron chi connectivity index (χ4n) is 2.13. The molecular weight excluding hydrogens is 286 g/mol. The smallest absolute Gasteiger partial charge is 0.373 e. The molecular formula is C16H19NO5. The van der Waals surface area contributed by atoms with Crippen LogP contribution in [0.2, 0.25) is 0 Å². The van der Waals surface area contributed by atoms with Gasteiger partial charge in [-0.15, -0.1) is 0 Å². The molecule has 1 aromatic carbocycles. The summed E-state index contributed by atoms with van der Waals surface area (Å²) in [5, 5.41) is 9.48. The van der Waals surface area contributed by atoms with Crippen molar-refractivity contribution in [3.8, 4) is 0 Å². The number of carbonyl (C=O) groups is 2. The number of aliphatic hydroxyl groups excluding tert-OH is 1. The molecule has 0 spiro atoms. The molecule has 1 saturated heterocycles. The molecule has 0 amide bonds. The van der Waals surface area contributed by atoms with Gasteiger partial charge in [-0.25, -0.2) is 4.79 Å². The van der Waals surface area contributed by atoms with E-state index >= 15 is 0 Å². The van der Waals surface area contributed by atoms with Crippen LogP contribution in [0.3, 0.4) is 0 Å². The predicted octanol–water partition coefficient (Wildman–Crippen LogP) is 1.71. The van der Waals surface area contributed by atoms with Crippen LogP contribution in [-0.4, -0.2) is 49.8 Å². The van der Waals surface area contributed by atoms with Gasteiger partial charge in [-0.05, 0) is 31.2 Å². The molecule has 1 aliphatic rings. The Labute approximate surface area is 128 Å². The van der Waals surface area contributed by atoms with E-state index in [2.05, 4.69) is 9.64 Å². The fourth-order valence-corrected chi connectivity index (χ4v) is 2.13. The Kier molecular flexibility index (Phi) is 5.55. The molecule has 0 bridgehead atoms. The normalized spacial score (nSPS) is 15.5. The highest BCUT2D eigenvalue weighted by atomic mass is 16.5. The second-order valence-electron chi connectivity index (χ2n) is 4.76. The Hall–Kier alpha value is -2.34. The molecule has 1 aromatic rings. The molecule has 0 unspecified atom stereocenters. The van der Waals surface area contributed by atoms with Crippen molar-refractivity contribution in [2.75, 3.05) is 37.8 Å². The minimum atomic E-state index is -0.902. The van der Waals surface area contributed by atoms with E-state index in [1.54, 1.807) is 19.1 Å². The number of esters is 1. The average Bonchev–Trinajstić information content (AvgIpc) is 2.56. The van der Waals surface area contributed by atoms with E-state index in [0.717, 1.165) is 24.9 Å². The quantitative estimate of drug-likeness (QED) is 0.386. The number of aliphatic hydroxyl groups is 1. The first-order chi connectivity index (χ1) is 10.6. The fraction of sp³-hybridized carbons (Fsp3) is 0.375. The van der Waals surface area contributed by atoms with Crippen molar-refractivity contribution in [1.82, 2.24) is 0 Å². The highest BCUT2D eigenvalue weighted by Gasteiger charge is 2.14. The van der Waals surface area contributed by atoms with Crippen LogP contribution in [0.4, 0.5) is 5.69 Å². The molecule has 2 rings (SSSR count). The number of benzene rings is 1. The Morgan fingerprint density at radius 1 is 1.27 bits per heavy atom. The lowest BCUT2D eigenvalue weighted by atomic mass is 10.1. The van der Waals surface area contributed by atoms with Gasteiger partial charge in [-0.2, -0.15) is 0 Å². The summed E-state index contributed by atoms with van der Waals surface area (Å²) in [6, 6.07) is 7.02. The largest absolute Gasteiger partial charge is 0.502 e. The van der Waals surface area contributed by atoms with Crippen LogP contribution < -0.4 is 4.90 Å². The Bertz CT molecular complexity index is 558. The molecule has 0 atom stereocenters. The lowest BCUT2D eigenvalue weighted by molar-refractivity contribution is -0.141. The first kappa shape index (κ1) is 16.0. The highest BCUT2D eigenvalue weighted by molar-refractivity contribution is 6.08. The highest BCUT2D eigenvalue weighted by Crippen LogP contribution is 2.17. The zero-order valence-corrected chi connectivity index (χ0v) is 12.4. The van der Waals surface area contributed by atoms with Crippen LogP contribution in [0.25, 0.3) is 0 Å². The van der Waals surface area contributed by atoms with E-state index in [4.69, 9.17) is 4.74 Å². The van der Waals surface area contributed by atoms with Crippen LogP contribution in [0.15, 0.2) is 36.1 Å². The van der Waals surface area contributed by atoms with Gasteiger partial charge in [-0.1, -0.05) is 0 Å². The average molecular weight is 305 g/mol. The van der Waals surface area contributed by atoms with Crippen molar-refractivity contribution in [3.63, 3.8) is 0 Å². The summed E-state index contributed by atoms with van der Waals surface area (Å²) in [7, 11) is 0. The second kappa shape index (κ2) is 7.61. The van der Waals surface area contributed by atoms with Crippen LogP contribution in [0.5, 0.6) is 0 Å². The van der Waals surface area contributed by atoms with Crippen LogP contribution in [0.1, 0.15) is 17.3 Å². The topological polar surface area (TPSA) is 76.1 Å². The molecule has 6 heteroatoms. The number of hydrogen-bond donors (Lipinski definition) is 1. The molecule has 0 saturated carbocycles. The minimum Gasteiger partial charge on any atom is -0.502 e. The van der Waals surface area contributed by atoms with Gasteiger partial charge in [0.1, 0.15) is 0 Å². The summed E-state index contributed by atoms with van der Waals surface area (Å²) in [6.45, 7) is 4.78. The first-order valence-corrected chi connectivity index (χ1v) is 7.16. The van der Waals surface area contributed by atoms with Crippen LogP contribution in [-0.2, 0) is 14.3 Å². The predicted molar refractivity (Wildman–Crippen MR) is 81.1 cm³/mol. The van der Waals surface area contributed by atoms with Gasteiger partial charge >= 0.3 is 5.97 Å². The SMILES string of the molecule is CCOC(=O)C(O)=CC(=O)c1ccc(N2CCOCC2)cc1. The molecule has 0 radical (unpaired) electrons. The van der Waals surface area contributed by atoms with Crippen molar-refractivity contribution in [2.24, 2.45) is 0 Å². The van der Waals surface area contributed by atoms with Crippen molar-refractivity contribution in [3.05, 3.63) is 41.7 Å². The third-order valence-corrected chi connectivity index (χ3v) is 3.28. The van der Waals surface area contributed by atoms with Gasteiger partial charge in [0.05, 0.1) is 19.8 Å². The Morgan fingerprint density at radius 3 is 2.50 bits per heavy atom. The molecule has 6 nitrogen and oxygen atoms in total. The summed E-state index contributed by atoms with van der Waals surface area (Å²) in [6.07, 6.45) is 0.877. The third-order valence-electron chi connectivity index (χ3n) is 3.28. The number of nitrogens with zero attached hydrogens (tertiary/aromatic N) is 1. The summed E-state index contributed by atoms with van der Waals surface area (Å²) in [5.74, 6) is -2.04. The molecule has 118 valence electrons. The van der Waals surface area contributed by atoms with Crippen molar-refractivity contribution >= 4 is 17.4 Å². The number of ketones is 1. The van der Waals surface area contributed by atoms with E-state index in [9.17, 15) is 14.7 Å². The molecule has 1 fully saturated rings. The number of hydrogen-bond acceptors (Lipinski definition) is 6. The van der Waals surface area contributed by atoms with Gasteiger partial charge in [-0.3, -0.25) is 4.79 Å². The van der Waals surface area contributed by atoms with Crippen molar-refractivity contribution < 1.29 is 24.2 Å². The van der Waals surface area contributed by atoms with E-state index in [-0.39, 0.29) is 6.61 Å². The Morgan fingerprint density at radius 2 is 1.91 bits per heavy atom. The molecule has 1 aliphatic heterocycles. The van der Waals surface area contributed by atoms with Gasteiger partial charge < -0.3 is 19.5 Å². The number of morpholine rings is 1. The van der Waals surface area contributed by atoms with Crippen LogP contribution >= 0.6 is 0 Å². The summed E-state index contributed by atoms with van der Waals surface area (Å²) in [5.41, 5.74) is 1.41. The molecule has 1 N–H and O–H groups in total. The zero-order valence-electron chi connectivity index (χ0n) is 12.4. The number of carbonyl (C=O) groups excluding carboxylic acids is 2. The maximum atomic E-state index is 12.0. The van der Waals surface area contributed by atoms with E-state index in [1.807, 2.05) is 12.1 Å². The monoisotopic (exact) mass is 305 g/mol. The van der Waals surface area contributed by atoms with Crippen molar-refractivity contribution in [2.45, 2.75) is 6.92 Å². The minimum absolute atomic E-state index is 0.138. The summed E-state index contributed by atoms with van der Waals surface area (Å²) in [4.78, 5) is 25.4. The molecule has 0 aliphatic carbocycles. The molecule has 1 heterocycles. The number of anilines is 1. The van der Waals surface area contributed by atoms with Gasteiger partial charge in [0.2, 0.25) is 5.76 Å². The Balaban J connectivity index is 2.04. The lowest BCUT2D eigenvalue weighted by Crippen LogP contribution is -2.36. The van der Waals surface area contributed by atoms with Crippen LogP contribution in [0, 0.1) is 0 Å². The molecule has 22 heavy (non-hydrogen) atoms. The van der Waals surface area contributed by atoms with Gasteiger partial charge in [0, 0.05) is 30.4 Å². The standard InChI is InChI=1S/C16H19NO5/c1-2-22-16(20)15(19)11-14(18)12-3-5-13(6-4-12)17-7-9-21-10-8-17/h3-6,11,19H,2,7-10H2,1H3. The lowest BCUT2D eigenvalue weighted by Gasteiger charge is -2.28. The number of ether oxygens (including phenoxy) is 2. The van der Waals surface area contributed by atoms with E-state index < -0.39 is 17.5 Å². The number of allylic oxidation sites excluding steroid dienone is 1.